The Labute approximate surface area is 258 Å². The van der Waals surface area contributed by atoms with Crippen LogP contribution in [-0.4, -0.2) is 31.1 Å². The summed E-state index contributed by atoms with van der Waals surface area (Å²) >= 11 is 0. The maximum atomic E-state index is 13.2. The van der Waals surface area contributed by atoms with Crippen molar-refractivity contribution in [3.8, 4) is 0 Å². The number of benzene rings is 1. The van der Waals surface area contributed by atoms with Crippen LogP contribution >= 0.6 is 0 Å². The minimum atomic E-state index is -0.476. The molecule has 2 aromatic rings. The van der Waals surface area contributed by atoms with Crippen LogP contribution in [0.1, 0.15) is 76.5 Å². The van der Waals surface area contributed by atoms with E-state index in [1.807, 2.05) is 19.1 Å². The molecule has 44 heavy (non-hydrogen) atoms. The quantitative estimate of drug-likeness (QED) is 0.0698. The van der Waals surface area contributed by atoms with Crippen molar-refractivity contribution in [2.24, 2.45) is 5.92 Å². The van der Waals surface area contributed by atoms with Crippen LogP contribution in [0.5, 0.6) is 0 Å². The molecule has 1 unspecified atom stereocenters. The maximum absolute atomic E-state index is 13.2. The lowest BCUT2D eigenvalue weighted by atomic mass is 9.87. The first-order chi connectivity index (χ1) is 20.9. The zero-order valence-electron chi connectivity index (χ0n) is 26.2. The number of carbonyl (C=O) groups is 3. The molecule has 8 heteroatoms. The van der Waals surface area contributed by atoms with Gasteiger partial charge in [-0.2, -0.15) is 0 Å². The van der Waals surface area contributed by atoms with E-state index in [-0.39, 0.29) is 5.92 Å². The van der Waals surface area contributed by atoms with Crippen molar-refractivity contribution in [1.29, 1.82) is 0 Å². The Bertz CT molecular complexity index is 1580. The Morgan fingerprint density at radius 3 is 1.86 bits per heavy atom. The van der Waals surface area contributed by atoms with E-state index in [1.165, 1.54) is 0 Å². The summed E-state index contributed by atoms with van der Waals surface area (Å²) in [5.74, 6) is -0.824. The number of carbonyl (C=O) groups excluding carboxylic acids is 3. The molecule has 1 aromatic carbocycles. The Balaban J connectivity index is 1.84. The highest BCUT2D eigenvalue weighted by atomic mass is 16.5. The Morgan fingerprint density at radius 2 is 1.34 bits per heavy atom. The molecule has 1 aliphatic rings. The second kappa shape index (κ2) is 15.8. The van der Waals surface area contributed by atoms with E-state index in [9.17, 15) is 19.2 Å². The maximum Gasteiger partial charge on any atom is 0.343 e. The zero-order chi connectivity index (χ0) is 32.4. The highest BCUT2D eigenvalue weighted by molar-refractivity contribution is 5.88. The van der Waals surface area contributed by atoms with Gasteiger partial charge >= 0.3 is 23.5 Å². The molecule has 0 spiro atoms. The summed E-state index contributed by atoms with van der Waals surface area (Å²) in [6, 6.07) is 5.84. The summed E-state index contributed by atoms with van der Waals surface area (Å²) in [6.45, 7) is 18.2. The average molecular weight is 603 g/mol. The van der Waals surface area contributed by atoms with Crippen LogP contribution in [0.3, 0.4) is 0 Å². The smallest absolute Gasteiger partial charge is 0.343 e. The molecule has 1 atom stereocenters. The Morgan fingerprint density at radius 1 is 0.795 bits per heavy atom. The fourth-order valence-corrected chi connectivity index (χ4v) is 4.80. The van der Waals surface area contributed by atoms with Crippen LogP contribution in [-0.2, 0) is 41.4 Å². The molecule has 3 rings (SSSR count). The van der Waals surface area contributed by atoms with Crippen molar-refractivity contribution >= 4 is 34.5 Å². The first-order valence-electron chi connectivity index (χ1n) is 14.9. The van der Waals surface area contributed by atoms with Gasteiger partial charge in [0.25, 0.3) is 0 Å². The van der Waals surface area contributed by atoms with Crippen LogP contribution in [0, 0.1) is 5.92 Å². The van der Waals surface area contributed by atoms with Gasteiger partial charge < -0.3 is 18.6 Å². The van der Waals surface area contributed by atoms with Gasteiger partial charge in [-0.1, -0.05) is 32.7 Å². The highest BCUT2D eigenvalue weighted by Gasteiger charge is 2.23. The van der Waals surface area contributed by atoms with Gasteiger partial charge in [0.05, 0.1) is 18.8 Å². The third-order valence-electron chi connectivity index (χ3n) is 7.27. The third kappa shape index (κ3) is 9.53. The van der Waals surface area contributed by atoms with Crippen molar-refractivity contribution in [3.05, 3.63) is 99.7 Å². The first-order valence-corrected chi connectivity index (χ1v) is 14.9. The fraction of sp³-hybridized carbons (Fsp3) is 0.389. The lowest BCUT2D eigenvalue weighted by Crippen LogP contribution is -2.15. The first kappa shape index (κ1) is 34.0. The lowest BCUT2D eigenvalue weighted by Gasteiger charge is -2.21. The fourth-order valence-electron chi connectivity index (χ4n) is 4.80. The summed E-state index contributed by atoms with van der Waals surface area (Å²) in [5.41, 5.74) is 4.56. The molecule has 0 bridgehead atoms. The number of ether oxygens (including phenoxy) is 3. The number of fused-ring (bicyclic) bond motifs is 1. The Kier molecular flexibility index (Phi) is 12.3. The van der Waals surface area contributed by atoms with Gasteiger partial charge in [0, 0.05) is 28.5 Å². The number of rotatable bonds is 15. The number of allylic oxidation sites excluding steroid dienone is 4. The molecule has 0 radical (unpaired) electrons. The van der Waals surface area contributed by atoms with E-state index in [0.29, 0.717) is 72.5 Å². The molecule has 1 aliphatic carbocycles. The number of unbranched alkanes of at least 4 members (excludes halogenated alkanes) is 2. The SMILES string of the molecule is C=C(C)C(=O)OCCCCc1cc2cc(C3=CC=C(OC(=O)C(=C)C)CC3C)c(=O)oc2cc1CCCCOC(=O)C(=C)C. The van der Waals surface area contributed by atoms with Crippen molar-refractivity contribution < 1.29 is 33.0 Å². The van der Waals surface area contributed by atoms with Gasteiger partial charge in [-0.3, -0.25) is 0 Å². The molecule has 0 saturated carbocycles. The minimum absolute atomic E-state index is 0.0760. The monoisotopic (exact) mass is 602 g/mol. The summed E-state index contributed by atoms with van der Waals surface area (Å²) in [6.07, 6.45) is 8.37. The van der Waals surface area contributed by atoms with Crippen molar-refractivity contribution in [1.82, 2.24) is 0 Å². The molecular weight excluding hydrogens is 560 g/mol. The van der Waals surface area contributed by atoms with E-state index in [2.05, 4.69) is 25.8 Å². The summed E-state index contributed by atoms with van der Waals surface area (Å²) in [7, 11) is 0. The molecule has 0 aliphatic heterocycles. The van der Waals surface area contributed by atoms with E-state index >= 15 is 0 Å². The summed E-state index contributed by atoms with van der Waals surface area (Å²) < 4.78 is 21.7. The van der Waals surface area contributed by atoms with E-state index in [0.717, 1.165) is 41.3 Å². The van der Waals surface area contributed by atoms with Crippen LogP contribution < -0.4 is 5.63 Å². The predicted octanol–water partition coefficient (Wildman–Crippen LogP) is 7.10. The highest BCUT2D eigenvalue weighted by Crippen LogP contribution is 2.33. The van der Waals surface area contributed by atoms with E-state index in [1.54, 1.807) is 32.9 Å². The van der Waals surface area contributed by atoms with E-state index in [4.69, 9.17) is 18.6 Å². The molecular formula is C36H42O8. The summed E-state index contributed by atoms with van der Waals surface area (Å²) in [5, 5.41) is 0.805. The molecule has 234 valence electrons. The molecule has 0 amide bonds. The van der Waals surface area contributed by atoms with Gasteiger partial charge in [-0.25, -0.2) is 19.2 Å². The van der Waals surface area contributed by atoms with Crippen molar-refractivity contribution in [2.75, 3.05) is 13.2 Å². The van der Waals surface area contributed by atoms with Crippen molar-refractivity contribution in [3.63, 3.8) is 0 Å². The molecule has 1 heterocycles. The molecule has 0 N–H and O–H groups in total. The van der Waals surface area contributed by atoms with Crippen molar-refractivity contribution in [2.45, 2.75) is 72.6 Å². The predicted molar refractivity (Wildman–Crippen MR) is 171 cm³/mol. The second-order valence-corrected chi connectivity index (χ2v) is 11.4. The average Bonchev–Trinajstić information content (AvgIpc) is 2.96. The van der Waals surface area contributed by atoms with Gasteiger partial charge in [0.1, 0.15) is 11.3 Å². The van der Waals surface area contributed by atoms with Crippen LogP contribution in [0.25, 0.3) is 16.5 Å². The third-order valence-corrected chi connectivity index (χ3v) is 7.27. The number of esters is 3. The topological polar surface area (TPSA) is 109 Å². The van der Waals surface area contributed by atoms with E-state index < -0.39 is 23.5 Å². The number of hydrogen-bond donors (Lipinski definition) is 0. The van der Waals surface area contributed by atoms with Gasteiger partial charge in [-0.15, -0.1) is 0 Å². The molecule has 1 aromatic heterocycles. The molecule has 0 saturated heterocycles. The van der Waals surface area contributed by atoms with Gasteiger partial charge in [0.15, 0.2) is 0 Å². The Hall–Kier alpha value is -4.46. The molecule has 0 fully saturated rings. The molecule has 8 nitrogen and oxygen atoms in total. The minimum Gasteiger partial charge on any atom is -0.462 e. The van der Waals surface area contributed by atoms with Crippen LogP contribution in [0.15, 0.2) is 81.8 Å². The lowest BCUT2D eigenvalue weighted by molar-refractivity contribution is -0.139. The van der Waals surface area contributed by atoms with Crippen LogP contribution in [0.4, 0.5) is 0 Å². The standard InChI is InChI=1S/C36H42O8/c1-22(2)33(37)41-16-10-8-12-26-19-28-20-31(30-15-14-29(18-25(30)7)43-35(39)24(5)6)36(40)44-32(28)21-27(26)13-9-11-17-42-34(38)23(3)4/h14-15,19-21,25H,1,3,5,8-13,16-18H2,2,4,6-7H3. The second-order valence-electron chi connectivity index (χ2n) is 11.4. The number of hydrogen-bond acceptors (Lipinski definition) is 8. The van der Waals surface area contributed by atoms with Gasteiger partial charge in [-0.05, 0) is 106 Å². The van der Waals surface area contributed by atoms with Gasteiger partial charge in [0.2, 0.25) is 0 Å². The largest absolute Gasteiger partial charge is 0.462 e. The number of aryl methyl sites for hydroxylation is 2. The normalized spacial score (nSPS) is 14.3. The zero-order valence-corrected chi connectivity index (χ0v) is 26.2. The summed E-state index contributed by atoms with van der Waals surface area (Å²) in [4.78, 5) is 48.5. The van der Waals surface area contributed by atoms with Crippen LogP contribution in [0.2, 0.25) is 0 Å².